The van der Waals surface area contributed by atoms with E-state index in [-0.39, 0.29) is 24.6 Å². The third-order valence-corrected chi connectivity index (χ3v) is 4.98. The highest BCUT2D eigenvalue weighted by Gasteiger charge is 2.16. The third kappa shape index (κ3) is 2.80. The molecule has 8 heteroatoms. The second kappa shape index (κ2) is 6.14. The Bertz CT molecular complexity index is 1130. The van der Waals surface area contributed by atoms with Gasteiger partial charge in [0.15, 0.2) is 0 Å². The van der Waals surface area contributed by atoms with E-state index in [0.717, 1.165) is 10.2 Å². The minimum absolute atomic E-state index is 0.0873. The Labute approximate surface area is 145 Å². The van der Waals surface area contributed by atoms with Crippen LogP contribution in [0.25, 0.3) is 20.4 Å². The van der Waals surface area contributed by atoms with Crippen LogP contribution in [0, 0.1) is 6.92 Å². The van der Waals surface area contributed by atoms with E-state index in [1.807, 2.05) is 12.1 Å². The molecule has 0 aromatic carbocycles. The van der Waals surface area contributed by atoms with Gasteiger partial charge in [0.05, 0.1) is 18.3 Å². The van der Waals surface area contributed by atoms with Gasteiger partial charge in [-0.15, -0.1) is 11.3 Å². The summed E-state index contributed by atoms with van der Waals surface area (Å²) in [4.78, 5) is 34.5. The van der Waals surface area contributed by atoms with Gasteiger partial charge < -0.3 is 9.73 Å². The van der Waals surface area contributed by atoms with E-state index < -0.39 is 0 Å². The average Bonchev–Trinajstić information content (AvgIpc) is 3.25. The summed E-state index contributed by atoms with van der Waals surface area (Å²) in [6.45, 7) is 1.92. The van der Waals surface area contributed by atoms with Gasteiger partial charge in [0.25, 0.3) is 5.56 Å². The van der Waals surface area contributed by atoms with Gasteiger partial charge in [-0.1, -0.05) is 0 Å². The largest absolute Gasteiger partial charge is 0.467 e. The normalized spacial score (nSPS) is 11.2. The molecule has 0 atom stereocenters. The highest BCUT2D eigenvalue weighted by atomic mass is 32.1. The number of aryl methyl sites for hydroxylation is 1. The average molecular weight is 354 g/mol. The van der Waals surface area contributed by atoms with Crippen molar-refractivity contribution in [3.63, 3.8) is 0 Å². The molecule has 0 bridgehead atoms. The summed E-state index contributed by atoms with van der Waals surface area (Å²) in [5.41, 5.74) is 0.418. The predicted molar refractivity (Wildman–Crippen MR) is 94.5 cm³/mol. The minimum Gasteiger partial charge on any atom is -0.467 e. The van der Waals surface area contributed by atoms with Crippen LogP contribution in [0.15, 0.2) is 45.9 Å². The molecular formula is C17H14N4O3S. The summed E-state index contributed by atoms with van der Waals surface area (Å²) >= 11 is 1.30. The molecule has 4 aromatic rings. The standard InChI is InChI=1S/C17H14N4O3S/c1-10-20-14-12-5-2-6-18-16(12)25-15(14)17(23)21(10)9-13(22)19-8-11-4-3-7-24-11/h2-7H,8-9H2,1H3,(H,19,22). The fourth-order valence-electron chi connectivity index (χ4n) is 2.65. The zero-order chi connectivity index (χ0) is 17.4. The van der Waals surface area contributed by atoms with Crippen molar-refractivity contribution in [2.45, 2.75) is 20.0 Å². The number of rotatable bonds is 4. The fourth-order valence-corrected chi connectivity index (χ4v) is 3.68. The lowest BCUT2D eigenvalue weighted by atomic mass is 10.3. The lowest BCUT2D eigenvalue weighted by Crippen LogP contribution is -2.33. The molecule has 0 fully saturated rings. The Hall–Kier alpha value is -3.00. The van der Waals surface area contributed by atoms with Crippen LogP contribution in [-0.2, 0) is 17.9 Å². The molecule has 126 valence electrons. The van der Waals surface area contributed by atoms with Gasteiger partial charge >= 0.3 is 0 Å². The Kier molecular flexibility index (Phi) is 3.81. The number of nitrogens with one attached hydrogen (secondary N) is 1. The number of nitrogens with zero attached hydrogens (tertiary/aromatic N) is 3. The first kappa shape index (κ1) is 15.5. The molecule has 1 N–H and O–H groups in total. The van der Waals surface area contributed by atoms with Crippen LogP contribution >= 0.6 is 11.3 Å². The number of furan rings is 1. The number of hydrogen-bond acceptors (Lipinski definition) is 6. The number of amides is 1. The Morgan fingerprint density at radius 3 is 3.04 bits per heavy atom. The minimum atomic E-state index is -0.276. The van der Waals surface area contributed by atoms with E-state index in [4.69, 9.17) is 4.42 Å². The molecule has 0 aliphatic rings. The molecule has 4 aromatic heterocycles. The number of fused-ring (bicyclic) bond motifs is 3. The van der Waals surface area contributed by atoms with Crippen LogP contribution in [0.1, 0.15) is 11.6 Å². The summed E-state index contributed by atoms with van der Waals surface area (Å²) in [6, 6.07) is 7.24. The second-order valence-electron chi connectivity index (χ2n) is 5.54. The van der Waals surface area contributed by atoms with Crippen LogP contribution in [-0.4, -0.2) is 20.4 Å². The topological polar surface area (TPSA) is 90.0 Å². The van der Waals surface area contributed by atoms with Crippen LogP contribution < -0.4 is 10.9 Å². The molecule has 0 unspecified atom stereocenters. The molecule has 4 rings (SSSR count). The predicted octanol–water partition coefficient (Wildman–Crippen LogP) is 2.22. The maximum absolute atomic E-state index is 12.8. The van der Waals surface area contributed by atoms with Crippen molar-refractivity contribution in [1.82, 2.24) is 19.9 Å². The molecule has 1 amide bonds. The highest BCUT2D eigenvalue weighted by Crippen LogP contribution is 2.28. The van der Waals surface area contributed by atoms with Crippen LogP contribution in [0.2, 0.25) is 0 Å². The van der Waals surface area contributed by atoms with E-state index in [1.54, 1.807) is 31.5 Å². The quantitative estimate of drug-likeness (QED) is 0.607. The molecule has 4 heterocycles. The van der Waals surface area contributed by atoms with Crippen molar-refractivity contribution >= 4 is 37.7 Å². The molecule has 0 saturated carbocycles. The number of hydrogen-bond donors (Lipinski definition) is 1. The molecule has 0 spiro atoms. The maximum atomic E-state index is 12.8. The van der Waals surface area contributed by atoms with Crippen LogP contribution in [0.3, 0.4) is 0 Å². The van der Waals surface area contributed by atoms with Crippen molar-refractivity contribution in [3.05, 3.63) is 58.7 Å². The number of aromatic nitrogens is 3. The number of thiophene rings is 1. The summed E-state index contributed by atoms with van der Waals surface area (Å²) in [5.74, 6) is 0.873. The molecule has 0 radical (unpaired) electrons. The number of carbonyl (C=O) groups is 1. The summed E-state index contributed by atoms with van der Waals surface area (Å²) < 4.78 is 7.07. The summed E-state index contributed by atoms with van der Waals surface area (Å²) in [5, 5.41) is 3.59. The molecular weight excluding hydrogens is 340 g/mol. The van der Waals surface area contributed by atoms with Crippen molar-refractivity contribution < 1.29 is 9.21 Å². The van der Waals surface area contributed by atoms with Gasteiger partial charge in [-0.2, -0.15) is 0 Å². The Morgan fingerprint density at radius 2 is 2.24 bits per heavy atom. The van der Waals surface area contributed by atoms with Crippen molar-refractivity contribution in [1.29, 1.82) is 0 Å². The van der Waals surface area contributed by atoms with Gasteiger partial charge in [0, 0.05) is 11.6 Å². The fraction of sp³-hybridized carbons (Fsp3) is 0.176. The molecule has 0 aliphatic carbocycles. The van der Waals surface area contributed by atoms with Crippen molar-refractivity contribution in [2.24, 2.45) is 0 Å². The highest BCUT2D eigenvalue weighted by molar-refractivity contribution is 7.25. The summed E-state index contributed by atoms with van der Waals surface area (Å²) in [7, 11) is 0. The first-order valence-corrected chi connectivity index (χ1v) is 8.49. The van der Waals surface area contributed by atoms with Crippen molar-refractivity contribution in [2.75, 3.05) is 0 Å². The Morgan fingerprint density at radius 1 is 1.36 bits per heavy atom. The molecule has 0 saturated heterocycles. The molecule has 7 nitrogen and oxygen atoms in total. The first-order valence-electron chi connectivity index (χ1n) is 7.67. The lowest BCUT2D eigenvalue weighted by Gasteiger charge is -2.09. The summed E-state index contributed by atoms with van der Waals surface area (Å²) in [6.07, 6.45) is 3.23. The zero-order valence-corrected chi connectivity index (χ0v) is 14.2. The Balaban J connectivity index is 1.66. The number of pyridine rings is 1. The third-order valence-electron chi connectivity index (χ3n) is 3.89. The molecule has 25 heavy (non-hydrogen) atoms. The van der Waals surface area contributed by atoms with Crippen LogP contribution in [0.5, 0.6) is 0 Å². The second-order valence-corrected chi connectivity index (χ2v) is 6.54. The van der Waals surface area contributed by atoms with E-state index >= 15 is 0 Å². The van der Waals surface area contributed by atoms with Gasteiger partial charge in [-0.25, -0.2) is 9.97 Å². The maximum Gasteiger partial charge on any atom is 0.272 e. The van der Waals surface area contributed by atoms with Gasteiger partial charge in [-0.05, 0) is 31.2 Å². The monoisotopic (exact) mass is 354 g/mol. The smallest absolute Gasteiger partial charge is 0.272 e. The van der Waals surface area contributed by atoms with Gasteiger partial charge in [-0.3, -0.25) is 14.2 Å². The van der Waals surface area contributed by atoms with Crippen molar-refractivity contribution in [3.8, 4) is 0 Å². The SMILES string of the molecule is Cc1nc2c(sc3ncccc32)c(=O)n1CC(=O)NCc1ccco1. The van der Waals surface area contributed by atoms with E-state index in [1.165, 1.54) is 15.9 Å². The van der Waals surface area contributed by atoms with Gasteiger partial charge in [0.2, 0.25) is 5.91 Å². The van der Waals surface area contributed by atoms with Crippen LogP contribution in [0.4, 0.5) is 0 Å². The van der Waals surface area contributed by atoms with E-state index in [9.17, 15) is 9.59 Å². The van der Waals surface area contributed by atoms with E-state index in [0.29, 0.717) is 21.8 Å². The first-order chi connectivity index (χ1) is 12.1. The van der Waals surface area contributed by atoms with E-state index in [2.05, 4.69) is 15.3 Å². The lowest BCUT2D eigenvalue weighted by molar-refractivity contribution is -0.122. The molecule has 0 aliphatic heterocycles. The van der Waals surface area contributed by atoms with Gasteiger partial charge in [0.1, 0.15) is 27.7 Å². The zero-order valence-electron chi connectivity index (χ0n) is 13.4. The number of carbonyl (C=O) groups excluding carboxylic acids is 1.